The molecule has 1 aliphatic carbocycles. The lowest BCUT2D eigenvalue weighted by atomic mass is 9.80. The van der Waals surface area contributed by atoms with Crippen LogP contribution in [0.15, 0.2) is 84.9 Å². The Morgan fingerprint density at radius 1 is 0.342 bits per heavy atom. The molecule has 0 bridgehead atoms. The second kappa shape index (κ2) is 8.17. The summed E-state index contributed by atoms with van der Waals surface area (Å²) in [5.41, 5.74) is 18.8. The van der Waals surface area contributed by atoms with Gasteiger partial charge in [0.1, 0.15) is 0 Å². The van der Waals surface area contributed by atoms with E-state index in [9.17, 15) is 0 Å². The van der Waals surface area contributed by atoms with Crippen LogP contribution in [-0.2, 0) is 0 Å². The zero-order valence-corrected chi connectivity index (χ0v) is 23.1. The third-order valence-electron chi connectivity index (χ3n) is 8.59. The van der Waals surface area contributed by atoms with Crippen LogP contribution in [0.4, 0.5) is 0 Å². The number of hydrogen-bond donors (Lipinski definition) is 0. The maximum atomic E-state index is 2.41. The Morgan fingerprint density at radius 3 is 1.53 bits per heavy atom. The zero-order valence-electron chi connectivity index (χ0n) is 23.1. The Labute approximate surface area is 225 Å². The van der Waals surface area contributed by atoms with E-state index in [1.54, 1.807) is 0 Å². The molecule has 0 nitrogen and oxygen atoms in total. The molecule has 0 N–H and O–H groups in total. The van der Waals surface area contributed by atoms with Gasteiger partial charge < -0.3 is 0 Å². The summed E-state index contributed by atoms with van der Waals surface area (Å²) in [5.74, 6) is 0. The summed E-state index contributed by atoms with van der Waals surface area (Å²) < 4.78 is 0. The second-order valence-corrected chi connectivity index (χ2v) is 11.3. The summed E-state index contributed by atoms with van der Waals surface area (Å²) in [6.07, 6.45) is 0. The van der Waals surface area contributed by atoms with Crippen molar-refractivity contribution in [1.29, 1.82) is 0 Å². The zero-order chi connectivity index (χ0) is 26.3. The summed E-state index contributed by atoms with van der Waals surface area (Å²) in [5, 5.41) is 5.43. The second-order valence-electron chi connectivity index (χ2n) is 11.3. The topological polar surface area (TPSA) is 0 Å². The quantitative estimate of drug-likeness (QED) is 0.227. The molecule has 38 heavy (non-hydrogen) atoms. The summed E-state index contributed by atoms with van der Waals surface area (Å²) in [4.78, 5) is 0. The van der Waals surface area contributed by atoms with Crippen molar-refractivity contribution in [1.82, 2.24) is 0 Å². The van der Waals surface area contributed by atoms with Gasteiger partial charge in [0.15, 0.2) is 0 Å². The largest absolute Gasteiger partial charge is 0.0610 e. The smallest absolute Gasteiger partial charge is 0.000731 e. The molecule has 7 rings (SSSR count). The van der Waals surface area contributed by atoms with Crippen LogP contribution in [0, 0.1) is 41.5 Å². The van der Waals surface area contributed by atoms with E-state index in [0.29, 0.717) is 0 Å². The highest BCUT2D eigenvalue weighted by molar-refractivity contribution is 6.28. The highest BCUT2D eigenvalue weighted by atomic mass is 14.3. The Hall–Kier alpha value is -4.16. The van der Waals surface area contributed by atoms with Gasteiger partial charge in [-0.15, -0.1) is 0 Å². The lowest BCUT2D eigenvalue weighted by Crippen LogP contribution is -1.97. The van der Waals surface area contributed by atoms with Gasteiger partial charge in [0, 0.05) is 0 Å². The van der Waals surface area contributed by atoms with Gasteiger partial charge in [-0.05, 0) is 124 Å². The Kier molecular flexibility index (Phi) is 4.94. The van der Waals surface area contributed by atoms with Crippen LogP contribution < -0.4 is 0 Å². The maximum Gasteiger partial charge on any atom is -0.000731 e. The highest BCUT2D eigenvalue weighted by Crippen LogP contribution is 2.58. The number of fused-ring (bicyclic) bond motifs is 4. The molecule has 0 aliphatic heterocycles. The van der Waals surface area contributed by atoms with Gasteiger partial charge in [-0.1, -0.05) is 102 Å². The van der Waals surface area contributed by atoms with Gasteiger partial charge in [0.25, 0.3) is 0 Å². The first kappa shape index (κ1) is 23.0. The van der Waals surface area contributed by atoms with E-state index in [0.717, 1.165) is 0 Å². The Bertz CT molecular complexity index is 1970. The van der Waals surface area contributed by atoms with E-state index in [4.69, 9.17) is 0 Å². The van der Waals surface area contributed by atoms with Crippen molar-refractivity contribution < 1.29 is 0 Å². The van der Waals surface area contributed by atoms with Crippen molar-refractivity contribution >= 4 is 21.5 Å². The average molecular weight is 489 g/mol. The van der Waals surface area contributed by atoms with Crippen LogP contribution in [0.2, 0.25) is 0 Å². The average Bonchev–Trinajstić information content (AvgIpc) is 3.23. The highest BCUT2D eigenvalue weighted by Gasteiger charge is 2.31. The van der Waals surface area contributed by atoms with E-state index in [2.05, 4.69) is 126 Å². The molecule has 1 aliphatic rings. The minimum absolute atomic E-state index is 1.29. The minimum atomic E-state index is 1.29. The molecule has 0 saturated heterocycles. The molecule has 0 spiro atoms. The van der Waals surface area contributed by atoms with Gasteiger partial charge in [-0.3, -0.25) is 0 Å². The van der Waals surface area contributed by atoms with E-state index < -0.39 is 0 Å². The van der Waals surface area contributed by atoms with E-state index in [1.807, 2.05) is 0 Å². The standard InChI is InChI=1S/C38H32/c1-21-10-13-25(5)31(18-21)35-28-16-12-23(3)20-33(28)36(32-19-22(2)11-14-26(32)6)38-30-17-15-24(4)27-8-7-9-29(34(27)30)37(35)38/h7-20H,1-6H3. The predicted molar refractivity (Wildman–Crippen MR) is 165 cm³/mol. The van der Waals surface area contributed by atoms with E-state index in [1.165, 1.54) is 99.4 Å². The molecular weight excluding hydrogens is 456 g/mol. The third-order valence-corrected chi connectivity index (χ3v) is 8.59. The molecule has 0 radical (unpaired) electrons. The Morgan fingerprint density at radius 2 is 0.868 bits per heavy atom. The fraction of sp³-hybridized carbons (Fsp3) is 0.158. The molecule has 0 fully saturated rings. The first-order valence-corrected chi connectivity index (χ1v) is 13.6. The van der Waals surface area contributed by atoms with Gasteiger partial charge in [0.2, 0.25) is 0 Å². The van der Waals surface area contributed by atoms with Crippen LogP contribution >= 0.6 is 0 Å². The van der Waals surface area contributed by atoms with Crippen LogP contribution in [0.25, 0.3) is 66.1 Å². The lowest BCUT2D eigenvalue weighted by molar-refractivity contribution is 1.39. The van der Waals surface area contributed by atoms with Crippen molar-refractivity contribution in [2.24, 2.45) is 0 Å². The van der Waals surface area contributed by atoms with Gasteiger partial charge in [0.05, 0.1) is 0 Å². The van der Waals surface area contributed by atoms with Gasteiger partial charge in [-0.2, -0.15) is 0 Å². The van der Waals surface area contributed by atoms with Crippen molar-refractivity contribution in [3.63, 3.8) is 0 Å². The Balaban J connectivity index is 1.80. The van der Waals surface area contributed by atoms with E-state index in [-0.39, 0.29) is 0 Å². The van der Waals surface area contributed by atoms with Crippen molar-refractivity contribution in [3.8, 4) is 44.5 Å². The van der Waals surface area contributed by atoms with Crippen molar-refractivity contribution in [2.75, 3.05) is 0 Å². The molecule has 0 heterocycles. The SMILES string of the molecule is Cc1ccc(C)c(-c2c3c(c(-c4cc(C)ccc4C)c4cc(C)ccc24)-c2ccc(C)c4cccc-3c24)c1. The van der Waals surface area contributed by atoms with Crippen LogP contribution in [0.1, 0.15) is 33.4 Å². The van der Waals surface area contributed by atoms with Crippen LogP contribution in [0.5, 0.6) is 0 Å². The predicted octanol–water partition coefficient (Wildman–Crippen LogP) is 10.8. The number of hydrogen-bond acceptors (Lipinski definition) is 0. The molecule has 0 unspecified atom stereocenters. The third kappa shape index (κ3) is 3.16. The van der Waals surface area contributed by atoms with Crippen LogP contribution in [0.3, 0.4) is 0 Å². The normalized spacial score (nSPS) is 11.9. The summed E-state index contributed by atoms with van der Waals surface area (Å²) >= 11 is 0. The first-order chi connectivity index (χ1) is 18.3. The fourth-order valence-corrected chi connectivity index (χ4v) is 6.68. The molecule has 6 aromatic carbocycles. The van der Waals surface area contributed by atoms with Crippen LogP contribution in [-0.4, -0.2) is 0 Å². The summed E-state index contributed by atoms with van der Waals surface area (Å²) in [7, 11) is 0. The van der Waals surface area contributed by atoms with Gasteiger partial charge >= 0.3 is 0 Å². The molecule has 0 saturated carbocycles. The molecule has 184 valence electrons. The van der Waals surface area contributed by atoms with E-state index >= 15 is 0 Å². The maximum absolute atomic E-state index is 2.41. The molecular formula is C38H32. The molecule has 0 atom stereocenters. The number of rotatable bonds is 2. The summed E-state index contributed by atoms with van der Waals surface area (Å²) in [6, 6.07) is 32.4. The van der Waals surface area contributed by atoms with Crippen molar-refractivity contribution in [2.45, 2.75) is 41.5 Å². The molecule has 0 heteroatoms. The number of aryl methyl sites for hydroxylation is 6. The first-order valence-electron chi connectivity index (χ1n) is 13.6. The molecule has 0 amide bonds. The molecule has 6 aromatic rings. The monoisotopic (exact) mass is 488 g/mol. The fourth-order valence-electron chi connectivity index (χ4n) is 6.68. The van der Waals surface area contributed by atoms with Gasteiger partial charge in [-0.25, -0.2) is 0 Å². The summed E-state index contributed by atoms with van der Waals surface area (Å²) in [6.45, 7) is 13.4. The van der Waals surface area contributed by atoms with Crippen molar-refractivity contribution in [3.05, 3.63) is 118 Å². The minimum Gasteiger partial charge on any atom is -0.0610 e. The lowest BCUT2D eigenvalue weighted by Gasteiger charge is -2.23. The molecule has 0 aromatic heterocycles. The number of benzene rings is 6.